The highest BCUT2D eigenvalue weighted by Gasteiger charge is 2.60. The quantitative estimate of drug-likeness (QED) is 0.601. The predicted molar refractivity (Wildman–Crippen MR) is 115 cm³/mol. The molecular weight excluding hydrogens is 331 g/mol. The summed E-state index contributed by atoms with van der Waals surface area (Å²) in [5.41, 5.74) is -0.645. The van der Waals surface area contributed by atoms with Crippen LogP contribution >= 0.6 is 0 Å². The molecule has 0 aromatic rings. The van der Waals surface area contributed by atoms with Crippen LogP contribution in [0.1, 0.15) is 99.3 Å². The van der Waals surface area contributed by atoms with Gasteiger partial charge in [-0.2, -0.15) is 0 Å². The summed E-state index contributed by atoms with van der Waals surface area (Å²) in [6.45, 7) is 13.2. The van der Waals surface area contributed by atoms with E-state index in [1.807, 2.05) is 0 Å². The van der Waals surface area contributed by atoms with Crippen molar-refractivity contribution in [3.63, 3.8) is 0 Å². The van der Waals surface area contributed by atoms with Crippen LogP contribution in [-0.2, 0) is 0 Å². The summed E-state index contributed by atoms with van der Waals surface area (Å²) in [6.07, 6.45) is 11.2. The highest BCUT2D eigenvalue weighted by molar-refractivity contribution is 5.75. The molecule has 3 heteroatoms. The van der Waals surface area contributed by atoms with E-state index in [0.717, 1.165) is 30.6 Å². The molecule has 5 aliphatic rings. The van der Waals surface area contributed by atoms with Crippen LogP contribution in [0.15, 0.2) is 0 Å². The van der Waals surface area contributed by atoms with Gasteiger partial charge >= 0.3 is 0 Å². The van der Waals surface area contributed by atoms with Gasteiger partial charge in [0.15, 0.2) is 0 Å². The Kier molecular flexibility index (Phi) is 6.91. The van der Waals surface area contributed by atoms with Crippen molar-refractivity contribution >= 4 is 8.41 Å². The normalized spacial score (nSPS) is 45.9. The lowest BCUT2D eigenvalue weighted by Gasteiger charge is -2.63. The monoisotopic (exact) mass is 375 g/mol. The molecule has 27 heavy (non-hydrogen) atoms. The maximum Gasteiger partial charge on any atom is 0.0752 e. The second-order valence-corrected chi connectivity index (χ2v) is 11.8. The second kappa shape index (κ2) is 8.02. The van der Waals surface area contributed by atoms with Crippen LogP contribution in [-0.4, -0.2) is 29.8 Å². The third-order valence-corrected chi connectivity index (χ3v) is 8.67. The number of rotatable bonds is 1. The summed E-state index contributed by atoms with van der Waals surface area (Å²) in [5, 5.41) is 21.2. The molecule has 4 bridgehead atoms. The molecule has 0 aromatic heterocycles. The first-order valence-corrected chi connectivity index (χ1v) is 11.4. The molecule has 5 fully saturated rings. The Morgan fingerprint density at radius 3 is 1.70 bits per heavy atom. The molecule has 2 nitrogen and oxygen atoms in total. The maximum atomic E-state index is 11.1. The zero-order valence-corrected chi connectivity index (χ0v) is 18.8. The first-order chi connectivity index (χ1) is 12.0. The minimum atomic E-state index is -0.361. The van der Waals surface area contributed by atoms with E-state index >= 15 is 0 Å². The van der Waals surface area contributed by atoms with Gasteiger partial charge in [0.2, 0.25) is 0 Å². The molecule has 0 aromatic carbocycles. The fourth-order valence-corrected chi connectivity index (χ4v) is 7.22. The SMILES string of the molecule is CC(C)(C)C1(O)C2CC3CC(C2)CC1C3.CC(C)[C@]1(O)CCC[C@@H](C)C1.[B]. The maximum absolute atomic E-state index is 11.1. The number of aliphatic hydroxyl groups is 2. The van der Waals surface area contributed by atoms with Gasteiger partial charge in [0.05, 0.1) is 11.2 Å². The van der Waals surface area contributed by atoms with E-state index in [0.29, 0.717) is 17.8 Å². The molecule has 155 valence electrons. The van der Waals surface area contributed by atoms with Gasteiger partial charge < -0.3 is 10.2 Å². The predicted octanol–water partition coefficient (Wildman–Crippen LogP) is 5.42. The van der Waals surface area contributed by atoms with Crippen molar-refractivity contribution in [2.75, 3.05) is 0 Å². The molecule has 0 aliphatic heterocycles. The van der Waals surface area contributed by atoms with Crippen LogP contribution in [0.3, 0.4) is 0 Å². The molecule has 0 saturated heterocycles. The molecule has 5 saturated carbocycles. The lowest BCUT2D eigenvalue weighted by atomic mass is 9.45. The van der Waals surface area contributed by atoms with Crippen LogP contribution in [0.4, 0.5) is 0 Å². The van der Waals surface area contributed by atoms with E-state index in [9.17, 15) is 10.2 Å². The Morgan fingerprint density at radius 1 is 0.889 bits per heavy atom. The minimum Gasteiger partial charge on any atom is -0.390 e. The first kappa shape index (κ1) is 23.3. The van der Waals surface area contributed by atoms with Crippen molar-refractivity contribution in [1.82, 2.24) is 0 Å². The van der Waals surface area contributed by atoms with Crippen LogP contribution in [0.2, 0.25) is 0 Å². The third kappa shape index (κ3) is 4.30. The van der Waals surface area contributed by atoms with Crippen molar-refractivity contribution in [3.05, 3.63) is 0 Å². The second-order valence-electron chi connectivity index (χ2n) is 11.8. The Labute approximate surface area is 170 Å². The smallest absolute Gasteiger partial charge is 0.0752 e. The molecule has 0 spiro atoms. The Balaban J connectivity index is 0.000000196. The van der Waals surface area contributed by atoms with Gasteiger partial charge in [-0.15, -0.1) is 0 Å². The third-order valence-electron chi connectivity index (χ3n) is 8.67. The van der Waals surface area contributed by atoms with E-state index in [4.69, 9.17) is 0 Å². The van der Waals surface area contributed by atoms with Gasteiger partial charge in [-0.25, -0.2) is 0 Å². The standard InChI is InChI=1S/C14H24O.C10H20O.B/c1-13(2,3)14(15)11-5-9-4-10(7-11)8-12(14)6-9;1-8(2)10(11)6-4-5-9(3)7-10;/h9-12,15H,4-8H2,1-3H3;8-9,11H,4-7H2,1-3H3;/t;9-,10+;/m.1./s1. The highest BCUT2D eigenvalue weighted by Crippen LogP contribution is 2.62. The molecular formula is C24H44BO2. The Morgan fingerprint density at radius 2 is 1.37 bits per heavy atom. The van der Waals surface area contributed by atoms with Crippen LogP contribution in [0.5, 0.6) is 0 Å². The topological polar surface area (TPSA) is 40.5 Å². The summed E-state index contributed by atoms with van der Waals surface area (Å²) in [7, 11) is 0. The Bertz CT molecular complexity index is 467. The highest BCUT2D eigenvalue weighted by atomic mass is 16.3. The largest absolute Gasteiger partial charge is 0.390 e. The molecule has 2 atom stereocenters. The summed E-state index contributed by atoms with van der Waals surface area (Å²) < 4.78 is 0. The van der Waals surface area contributed by atoms with E-state index in [2.05, 4.69) is 41.5 Å². The zero-order valence-electron chi connectivity index (χ0n) is 18.8. The molecule has 0 heterocycles. The lowest BCUT2D eigenvalue weighted by Crippen LogP contribution is -2.63. The van der Waals surface area contributed by atoms with E-state index in [1.54, 1.807) is 0 Å². The summed E-state index contributed by atoms with van der Waals surface area (Å²) in [4.78, 5) is 0. The van der Waals surface area contributed by atoms with Crippen LogP contribution < -0.4 is 0 Å². The summed E-state index contributed by atoms with van der Waals surface area (Å²) in [5.74, 6) is 4.26. The van der Waals surface area contributed by atoms with Gasteiger partial charge in [-0.3, -0.25) is 0 Å². The van der Waals surface area contributed by atoms with E-state index < -0.39 is 0 Å². The van der Waals surface area contributed by atoms with Gasteiger partial charge in [0.25, 0.3) is 0 Å². The first-order valence-electron chi connectivity index (χ1n) is 11.4. The van der Waals surface area contributed by atoms with E-state index in [1.165, 1.54) is 44.9 Å². The summed E-state index contributed by atoms with van der Waals surface area (Å²) in [6, 6.07) is 0. The fraction of sp³-hybridized carbons (Fsp3) is 1.00. The molecule has 0 amide bonds. The molecule has 5 aliphatic carbocycles. The van der Waals surface area contributed by atoms with Crippen molar-refractivity contribution in [1.29, 1.82) is 0 Å². The van der Waals surface area contributed by atoms with Crippen molar-refractivity contribution in [2.45, 2.75) is 111 Å². The van der Waals surface area contributed by atoms with Crippen molar-refractivity contribution in [3.8, 4) is 0 Å². The minimum absolute atomic E-state index is 0. The summed E-state index contributed by atoms with van der Waals surface area (Å²) >= 11 is 0. The van der Waals surface area contributed by atoms with Crippen LogP contribution in [0.25, 0.3) is 0 Å². The van der Waals surface area contributed by atoms with Crippen molar-refractivity contribution in [2.24, 2.45) is 40.9 Å². The lowest BCUT2D eigenvalue weighted by molar-refractivity contribution is -0.223. The zero-order chi connectivity index (χ0) is 19.3. The average molecular weight is 375 g/mol. The van der Waals surface area contributed by atoms with Gasteiger partial charge in [-0.1, -0.05) is 54.4 Å². The molecule has 3 radical (unpaired) electrons. The van der Waals surface area contributed by atoms with Gasteiger partial charge in [0.1, 0.15) is 0 Å². The Hall–Kier alpha value is -0.0151. The average Bonchev–Trinajstić information content (AvgIpc) is 2.51. The van der Waals surface area contributed by atoms with Gasteiger partial charge in [-0.05, 0) is 85.9 Å². The van der Waals surface area contributed by atoms with E-state index in [-0.39, 0.29) is 25.0 Å². The fourth-order valence-electron chi connectivity index (χ4n) is 7.22. The number of hydrogen-bond acceptors (Lipinski definition) is 2. The van der Waals surface area contributed by atoms with Crippen LogP contribution in [0, 0.1) is 40.9 Å². The molecule has 5 rings (SSSR count). The van der Waals surface area contributed by atoms with Crippen molar-refractivity contribution < 1.29 is 10.2 Å². The number of hydrogen-bond donors (Lipinski definition) is 2. The van der Waals surface area contributed by atoms with Gasteiger partial charge in [0, 0.05) is 8.41 Å². The molecule has 2 N–H and O–H groups in total. The molecule has 0 unspecified atom stereocenters.